The van der Waals surface area contributed by atoms with Crippen LogP contribution in [0.4, 0.5) is 4.79 Å². The molecule has 3 rings (SSSR count). The number of rotatable bonds is 4. The van der Waals surface area contributed by atoms with Gasteiger partial charge in [-0.3, -0.25) is 0 Å². The third-order valence-electron chi connectivity index (χ3n) is 4.17. The molecule has 1 aliphatic rings. The van der Waals surface area contributed by atoms with Crippen molar-refractivity contribution in [2.24, 2.45) is 0 Å². The van der Waals surface area contributed by atoms with Gasteiger partial charge in [-0.1, -0.05) is 47.5 Å². The summed E-state index contributed by atoms with van der Waals surface area (Å²) in [6, 6.07) is 13.2. The molecular weight excluding hydrogens is 349 g/mol. The summed E-state index contributed by atoms with van der Waals surface area (Å²) in [4.78, 5) is 12.5. The molecule has 0 aromatic heterocycles. The van der Waals surface area contributed by atoms with Crippen LogP contribution in [0.1, 0.15) is 23.5 Å². The van der Waals surface area contributed by atoms with E-state index >= 15 is 0 Å². The highest BCUT2D eigenvalue weighted by Gasteiger charge is 2.26. The van der Waals surface area contributed by atoms with Crippen LogP contribution in [0, 0.1) is 0 Å². The van der Waals surface area contributed by atoms with Crippen molar-refractivity contribution in [3.63, 3.8) is 0 Å². The Morgan fingerprint density at radius 1 is 1.25 bits per heavy atom. The van der Waals surface area contributed by atoms with Gasteiger partial charge in [0.05, 0.1) is 5.02 Å². The minimum atomic E-state index is -0.852. The summed E-state index contributed by atoms with van der Waals surface area (Å²) in [6.45, 7) is 1.52. The van der Waals surface area contributed by atoms with Gasteiger partial charge in [0.25, 0.3) is 0 Å². The van der Waals surface area contributed by atoms with Crippen molar-refractivity contribution in [1.82, 2.24) is 4.90 Å². The van der Waals surface area contributed by atoms with Gasteiger partial charge in [0.15, 0.2) is 0 Å². The third kappa shape index (κ3) is 3.94. The fraction of sp³-hybridized carbons (Fsp3) is 0.278. The van der Waals surface area contributed by atoms with Gasteiger partial charge in [0.1, 0.15) is 12.4 Å². The molecule has 6 heteroatoms. The number of amides is 1. The number of nitrogens with zero attached hydrogens (tertiary/aromatic N) is 1. The first kappa shape index (κ1) is 16.9. The highest BCUT2D eigenvalue weighted by Crippen LogP contribution is 2.30. The van der Waals surface area contributed by atoms with Crippen LogP contribution in [0.5, 0.6) is 5.75 Å². The smallest absolute Gasteiger partial charge is 0.407 e. The maximum Gasteiger partial charge on any atom is 0.407 e. The fourth-order valence-corrected chi connectivity index (χ4v) is 3.36. The van der Waals surface area contributed by atoms with E-state index < -0.39 is 6.09 Å². The number of halogens is 2. The standard InChI is InChI=1S/C18H17Cl2NO3/c19-15-4-5-17(16(20)9-15)24-11-12-2-1-3-13(8-12)14-6-7-21(10-14)18(22)23/h1-5,8-9,14H,6-7,10-11H2,(H,22,23). The largest absolute Gasteiger partial charge is 0.487 e. The predicted molar refractivity (Wildman–Crippen MR) is 94.2 cm³/mol. The first-order chi connectivity index (χ1) is 11.5. The minimum absolute atomic E-state index is 0.236. The maximum absolute atomic E-state index is 11.0. The Hall–Kier alpha value is -1.91. The molecule has 24 heavy (non-hydrogen) atoms. The van der Waals surface area contributed by atoms with Gasteiger partial charge >= 0.3 is 6.09 Å². The monoisotopic (exact) mass is 365 g/mol. The zero-order valence-electron chi connectivity index (χ0n) is 12.9. The van der Waals surface area contributed by atoms with E-state index in [0.717, 1.165) is 17.5 Å². The normalized spacial score (nSPS) is 17.1. The molecule has 1 fully saturated rings. The number of hydrogen-bond acceptors (Lipinski definition) is 2. The molecule has 4 nitrogen and oxygen atoms in total. The van der Waals surface area contributed by atoms with E-state index in [0.29, 0.717) is 35.5 Å². The van der Waals surface area contributed by atoms with Crippen LogP contribution < -0.4 is 4.74 Å². The van der Waals surface area contributed by atoms with Crippen LogP contribution in [0.25, 0.3) is 0 Å². The molecular formula is C18H17Cl2NO3. The lowest BCUT2D eigenvalue weighted by Crippen LogP contribution is -2.26. The van der Waals surface area contributed by atoms with Crippen LogP contribution in [0.2, 0.25) is 10.0 Å². The second-order valence-electron chi connectivity index (χ2n) is 5.82. The quantitative estimate of drug-likeness (QED) is 0.825. The molecule has 2 aromatic rings. The molecule has 0 bridgehead atoms. The first-order valence-corrected chi connectivity index (χ1v) is 8.43. The van der Waals surface area contributed by atoms with Gasteiger partial charge < -0.3 is 14.7 Å². The topological polar surface area (TPSA) is 49.8 Å². The van der Waals surface area contributed by atoms with Crippen molar-refractivity contribution >= 4 is 29.3 Å². The van der Waals surface area contributed by atoms with Crippen molar-refractivity contribution in [3.05, 3.63) is 63.6 Å². The summed E-state index contributed by atoms with van der Waals surface area (Å²) in [7, 11) is 0. The average molecular weight is 366 g/mol. The molecule has 126 valence electrons. The number of likely N-dealkylation sites (tertiary alicyclic amines) is 1. The molecule has 1 N–H and O–H groups in total. The number of benzene rings is 2. The predicted octanol–water partition coefficient (Wildman–Crippen LogP) is 5.04. The Bertz CT molecular complexity index is 751. The van der Waals surface area contributed by atoms with E-state index in [-0.39, 0.29) is 5.92 Å². The number of carboxylic acid groups (broad SMARTS) is 1. The molecule has 1 heterocycles. The maximum atomic E-state index is 11.0. The SMILES string of the molecule is O=C(O)N1CCC(c2cccc(COc3ccc(Cl)cc3Cl)c2)C1. The van der Waals surface area contributed by atoms with E-state index in [1.54, 1.807) is 18.2 Å². The van der Waals surface area contributed by atoms with E-state index in [2.05, 4.69) is 6.07 Å². The van der Waals surface area contributed by atoms with Gasteiger partial charge in [-0.15, -0.1) is 0 Å². The van der Waals surface area contributed by atoms with Gasteiger partial charge in [-0.25, -0.2) is 4.79 Å². The Morgan fingerprint density at radius 3 is 2.79 bits per heavy atom. The lowest BCUT2D eigenvalue weighted by Gasteiger charge is -2.14. The van der Waals surface area contributed by atoms with Crippen LogP contribution in [-0.4, -0.2) is 29.2 Å². The number of ether oxygens (including phenoxy) is 1. The lowest BCUT2D eigenvalue weighted by atomic mass is 9.97. The summed E-state index contributed by atoms with van der Waals surface area (Å²) in [5.41, 5.74) is 2.16. The molecule has 0 saturated carbocycles. The molecule has 1 aliphatic heterocycles. The number of hydrogen-bond donors (Lipinski definition) is 1. The summed E-state index contributed by atoms with van der Waals surface area (Å²) in [5, 5.41) is 10.1. The van der Waals surface area contributed by atoms with Crippen molar-refractivity contribution in [3.8, 4) is 5.75 Å². The molecule has 1 atom stereocenters. The summed E-state index contributed by atoms with van der Waals surface area (Å²) in [6.07, 6.45) is -0.00559. The first-order valence-electron chi connectivity index (χ1n) is 7.67. The van der Waals surface area contributed by atoms with Crippen LogP contribution in [0.15, 0.2) is 42.5 Å². The van der Waals surface area contributed by atoms with E-state index in [1.165, 1.54) is 4.90 Å². The van der Waals surface area contributed by atoms with Crippen LogP contribution in [-0.2, 0) is 6.61 Å². The second-order valence-corrected chi connectivity index (χ2v) is 6.67. The van der Waals surface area contributed by atoms with Crippen molar-refractivity contribution < 1.29 is 14.6 Å². The Morgan fingerprint density at radius 2 is 2.08 bits per heavy atom. The third-order valence-corrected chi connectivity index (χ3v) is 4.70. The van der Waals surface area contributed by atoms with Crippen molar-refractivity contribution in [2.45, 2.75) is 18.9 Å². The molecule has 0 aliphatic carbocycles. The molecule has 0 radical (unpaired) electrons. The number of carbonyl (C=O) groups is 1. The molecule has 0 spiro atoms. The van der Waals surface area contributed by atoms with Gasteiger partial charge in [-0.2, -0.15) is 0 Å². The summed E-state index contributed by atoms with van der Waals surface area (Å²) in [5.74, 6) is 0.824. The summed E-state index contributed by atoms with van der Waals surface area (Å²) >= 11 is 12.0. The molecule has 1 saturated heterocycles. The molecule has 1 amide bonds. The van der Waals surface area contributed by atoms with Crippen molar-refractivity contribution in [1.29, 1.82) is 0 Å². The zero-order chi connectivity index (χ0) is 17.1. The Labute approximate surface area is 150 Å². The van der Waals surface area contributed by atoms with Crippen LogP contribution >= 0.6 is 23.2 Å². The van der Waals surface area contributed by atoms with Gasteiger partial charge in [-0.05, 0) is 35.7 Å². The highest BCUT2D eigenvalue weighted by atomic mass is 35.5. The van der Waals surface area contributed by atoms with Gasteiger partial charge in [0.2, 0.25) is 0 Å². The van der Waals surface area contributed by atoms with Crippen molar-refractivity contribution in [2.75, 3.05) is 13.1 Å². The van der Waals surface area contributed by atoms with Gasteiger partial charge in [0, 0.05) is 24.0 Å². The van der Waals surface area contributed by atoms with E-state index in [4.69, 9.17) is 33.0 Å². The van der Waals surface area contributed by atoms with E-state index in [9.17, 15) is 4.79 Å². The Kier molecular flexibility index (Phi) is 5.17. The Balaban J connectivity index is 1.66. The second kappa shape index (κ2) is 7.32. The van der Waals surface area contributed by atoms with E-state index in [1.807, 2.05) is 18.2 Å². The highest BCUT2D eigenvalue weighted by molar-refractivity contribution is 6.35. The average Bonchev–Trinajstić information content (AvgIpc) is 3.05. The minimum Gasteiger partial charge on any atom is -0.487 e. The zero-order valence-corrected chi connectivity index (χ0v) is 14.4. The summed E-state index contributed by atoms with van der Waals surface area (Å²) < 4.78 is 5.76. The lowest BCUT2D eigenvalue weighted by molar-refractivity contribution is 0.155. The molecule has 2 aromatic carbocycles. The molecule has 1 unspecified atom stereocenters. The van der Waals surface area contributed by atoms with Crippen LogP contribution in [0.3, 0.4) is 0 Å². The fourth-order valence-electron chi connectivity index (χ4n) is 2.90.